The number of nitrogens with two attached hydrogens (primary N) is 1. The van der Waals surface area contributed by atoms with Gasteiger partial charge < -0.3 is 21.1 Å². The molecule has 1 aliphatic heterocycles. The quantitative estimate of drug-likeness (QED) is 0.724. The molecule has 0 bridgehead atoms. The molecule has 0 radical (unpaired) electrons. The highest BCUT2D eigenvalue weighted by molar-refractivity contribution is 5.89. The molecule has 5 rings (SSSR count). The van der Waals surface area contributed by atoms with Crippen LogP contribution >= 0.6 is 0 Å². The van der Waals surface area contributed by atoms with E-state index in [4.69, 9.17) is 10.5 Å². The van der Waals surface area contributed by atoms with Gasteiger partial charge in [0.15, 0.2) is 0 Å². The summed E-state index contributed by atoms with van der Waals surface area (Å²) in [6, 6.07) is 12.2. The van der Waals surface area contributed by atoms with Crippen LogP contribution in [0.5, 0.6) is 0 Å². The van der Waals surface area contributed by atoms with E-state index >= 15 is 0 Å². The number of rotatable bonds is 5. The van der Waals surface area contributed by atoms with Crippen molar-refractivity contribution in [3.8, 4) is 0 Å². The molecule has 3 aliphatic rings. The summed E-state index contributed by atoms with van der Waals surface area (Å²) < 4.78 is 6.59. The summed E-state index contributed by atoms with van der Waals surface area (Å²) in [5.74, 6) is -0.0572. The first kappa shape index (κ1) is 18.7. The van der Waals surface area contributed by atoms with Gasteiger partial charge in [0.1, 0.15) is 0 Å². The predicted molar refractivity (Wildman–Crippen MR) is 110 cm³/mol. The Kier molecular flexibility index (Phi) is 4.65. The van der Waals surface area contributed by atoms with E-state index in [9.17, 15) is 4.79 Å². The lowest BCUT2D eigenvalue weighted by Crippen LogP contribution is -2.52. The lowest BCUT2D eigenvalue weighted by atomic mass is 9.72. The first-order valence-electron chi connectivity index (χ1n) is 10.5. The average molecular weight is 393 g/mol. The highest BCUT2D eigenvalue weighted by Crippen LogP contribution is 2.52. The Morgan fingerprint density at radius 2 is 1.97 bits per heavy atom. The molecule has 1 saturated heterocycles. The third-order valence-corrected chi connectivity index (χ3v) is 6.86. The van der Waals surface area contributed by atoms with Gasteiger partial charge in [-0.15, -0.1) is 0 Å². The van der Waals surface area contributed by atoms with Crippen LogP contribution in [-0.4, -0.2) is 35.6 Å². The maximum absolute atomic E-state index is 12.9. The summed E-state index contributed by atoms with van der Waals surface area (Å²) in [5.41, 5.74) is 8.91. The molecule has 4 N–H and O–H groups in total. The maximum atomic E-state index is 12.9. The van der Waals surface area contributed by atoms with Crippen LogP contribution in [0.4, 0.5) is 0 Å². The van der Waals surface area contributed by atoms with Gasteiger partial charge >= 0.3 is 0 Å². The number of hydrogen-bond donors (Lipinski definition) is 3. The average Bonchev–Trinajstić information content (AvgIpc) is 3.48. The number of pyridine rings is 1. The molecule has 6 heteroatoms. The normalized spacial score (nSPS) is 26.1. The third-order valence-electron chi connectivity index (χ3n) is 6.86. The van der Waals surface area contributed by atoms with Crippen LogP contribution in [0.3, 0.4) is 0 Å². The molecule has 2 unspecified atom stereocenters. The van der Waals surface area contributed by atoms with Crippen molar-refractivity contribution >= 4 is 5.91 Å². The lowest BCUT2D eigenvalue weighted by molar-refractivity contribution is -0.126. The molecule has 1 aromatic carbocycles. The minimum Gasteiger partial charge on any atom is -0.370 e. The predicted octanol–water partition coefficient (Wildman–Crippen LogP) is 1.95. The number of nitrogens with zero attached hydrogens (tertiary/aromatic N) is 1. The summed E-state index contributed by atoms with van der Waals surface area (Å²) in [6.45, 7) is 2.37. The molecule has 1 aromatic heterocycles. The van der Waals surface area contributed by atoms with Crippen molar-refractivity contribution in [2.24, 2.45) is 5.73 Å². The van der Waals surface area contributed by atoms with Crippen LogP contribution in [0.25, 0.3) is 0 Å². The van der Waals surface area contributed by atoms with Crippen LogP contribution in [-0.2, 0) is 21.6 Å². The lowest BCUT2D eigenvalue weighted by Gasteiger charge is -2.41. The summed E-state index contributed by atoms with van der Waals surface area (Å²) >= 11 is 0. The van der Waals surface area contributed by atoms with E-state index in [2.05, 4.69) is 33.8 Å². The topological polar surface area (TPSA) is 89.3 Å². The summed E-state index contributed by atoms with van der Waals surface area (Å²) in [4.78, 5) is 17.1. The van der Waals surface area contributed by atoms with Gasteiger partial charge in [-0.3, -0.25) is 9.78 Å². The second-order valence-electron chi connectivity index (χ2n) is 8.69. The molecule has 1 saturated carbocycles. The van der Waals surface area contributed by atoms with E-state index in [-0.39, 0.29) is 23.5 Å². The number of carbonyl (C=O) groups excluding carboxylic acids is 1. The van der Waals surface area contributed by atoms with E-state index < -0.39 is 5.54 Å². The fraction of sp³-hybridized carbons (Fsp3) is 0.478. The van der Waals surface area contributed by atoms with Crippen molar-refractivity contribution in [1.29, 1.82) is 0 Å². The summed E-state index contributed by atoms with van der Waals surface area (Å²) in [7, 11) is 0. The third kappa shape index (κ3) is 3.25. The van der Waals surface area contributed by atoms with Crippen molar-refractivity contribution in [3.63, 3.8) is 0 Å². The summed E-state index contributed by atoms with van der Waals surface area (Å²) in [6.07, 6.45) is 6.96. The first-order chi connectivity index (χ1) is 14.1. The monoisotopic (exact) mass is 392 g/mol. The molecule has 2 fully saturated rings. The largest absolute Gasteiger partial charge is 0.370 e. The second-order valence-corrected chi connectivity index (χ2v) is 8.69. The molecule has 29 heavy (non-hydrogen) atoms. The highest BCUT2D eigenvalue weighted by atomic mass is 16.5. The van der Waals surface area contributed by atoms with Gasteiger partial charge in [0.05, 0.1) is 24.3 Å². The van der Waals surface area contributed by atoms with Gasteiger partial charge in [0.2, 0.25) is 5.91 Å². The zero-order valence-corrected chi connectivity index (χ0v) is 16.6. The molecule has 1 spiro atoms. The van der Waals surface area contributed by atoms with E-state index in [0.29, 0.717) is 6.61 Å². The Balaban J connectivity index is 1.50. The van der Waals surface area contributed by atoms with Gasteiger partial charge in [-0.05, 0) is 61.5 Å². The highest BCUT2D eigenvalue weighted by Gasteiger charge is 2.55. The number of fused-ring (bicyclic) bond motifs is 2. The van der Waals surface area contributed by atoms with Crippen LogP contribution < -0.4 is 16.4 Å². The Hall–Kier alpha value is -2.28. The molecular formula is C23H28N4O2. The SMILES string of the molecule is NC1(C(=O)NC2c3ccccc3C3(CCNCC3)C2OCc2cccnc2)CC1. The molecule has 2 heterocycles. The number of ether oxygens (including phenoxy) is 1. The van der Waals surface area contributed by atoms with Crippen molar-refractivity contribution in [1.82, 2.24) is 15.6 Å². The first-order valence-corrected chi connectivity index (χ1v) is 10.5. The molecule has 152 valence electrons. The zero-order chi connectivity index (χ0) is 19.9. The Morgan fingerprint density at radius 1 is 1.17 bits per heavy atom. The van der Waals surface area contributed by atoms with Gasteiger partial charge in [-0.1, -0.05) is 30.3 Å². The standard InChI is InChI=1S/C23H28N4O2/c24-23(7-8-23)21(28)27-19-17-5-1-2-6-18(17)22(9-12-25-13-10-22)20(19)29-15-16-4-3-11-26-14-16/h1-6,11,14,19-20,25H,7-10,12-13,15,24H2,(H,27,28). The second kappa shape index (κ2) is 7.20. The van der Waals surface area contributed by atoms with Gasteiger partial charge in [-0.25, -0.2) is 0 Å². The summed E-state index contributed by atoms with van der Waals surface area (Å²) in [5, 5.41) is 6.75. The Morgan fingerprint density at radius 3 is 2.69 bits per heavy atom. The van der Waals surface area contributed by atoms with Crippen LogP contribution in [0.1, 0.15) is 48.4 Å². The maximum Gasteiger partial charge on any atom is 0.240 e. The number of aromatic nitrogens is 1. The number of nitrogens with one attached hydrogen (secondary N) is 2. The molecular weight excluding hydrogens is 364 g/mol. The van der Waals surface area contributed by atoms with E-state index in [1.807, 2.05) is 24.4 Å². The minimum absolute atomic E-state index is 0.0572. The van der Waals surface area contributed by atoms with Gasteiger partial charge in [0, 0.05) is 17.8 Å². The fourth-order valence-corrected chi connectivity index (χ4v) is 5.01. The number of piperidine rings is 1. The molecule has 2 aliphatic carbocycles. The number of amides is 1. The smallest absolute Gasteiger partial charge is 0.240 e. The van der Waals surface area contributed by atoms with Crippen LogP contribution in [0, 0.1) is 0 Å². The van der Waals surface area contributed by atoms with Crippen LogP contribution in [0.15, 0.2) is 48.8 Å². The van der Waals surface area contributed by atoms with Crippen LogP contribution in [0.2, 0.25) is 0 Å². The number of carbonyl (C=O) groups is 1. The van der Waals surface area contributed by atoms with Gasteiger partial charge in [0.25, 0.3) is 0 Å². The fourth-order valence-electron chi connectivity index (χ4n) is 5.01. The Labute approximate surface area is 171 Å². The molecule has 1 amide bonds. The molecule has 6 nitrogen and oxygen atoms in total. The van der Waals surface area contributed by atoms with E-state index in [1.54, 1.807) is 6.20 Å². The van der Waals surface area contributed by atoms with E-state index in [1.165, 1.54) is 11.1 Å². The van der Waals surface area contributed by atoms with Crippen molar-refractivity contribution in [2.45, 2.75) is 55.4 Å². The Bertz CT molecular complexity index is 891. The van der Waals surface area contributed by atoms with Crippen molar-refractivity contribution < 1.29 is 9.53 Å². The van der Waals surface area contributed by atoms with Gasteiger partial charge in [-0.2, -0.15) is 0 Å². The number of benzene rings is 1. The molecule has 2 atom stereocenters. The zero-order valence-electron chi connectivity index (χ0n) is 16.6. The molecule has 2 aromatic rings. The minimum atomic E-state index is -0.702. The number of hydrogen-bond acceptors (Lipinski definition) is 5. The van der Waals surface area contributed by atoms with Crippen molar-refractivity contribution in [3.05, 3.63) is 65.5 Å². The van der Waals surface area contributed by atoms with E-state index in [0.717, 1.165) is 44.3 Å². The van der Waals surface area contributed by atoms with Crippen molar-refractivity contribution in [2.75, 3.05) is 13.1 Å².